The van der Waals surface area contributed by atoms with E-state index in [4.69, 9.17) is 0 Å². The summed E-state index contributed by atoms with van der Waals surface area (Å²) in [4.78, 5) is 14.6. The zero-order valence-electron chi connectivity index (χ0n) is 20.2. The summed E-state index contributed by atoms with van der Waals surface area (Å²) in [5.41, 5.74) is 3.85. The van der Waals surface area contributed by atoms with Gasteiger partial charge in [0, 0.05) is 42.6 Å². The van der Waals surface area contributed by atoms with E-state index in [2.05, 4.69) is 16.3 Å². The zero-order valence-corrected chi connectivity index (χ0v) is 21.0. The third-order valence-electron chi connectivity index (χ3n) is 6.38. The van der Waals surface area contributed by atoms with Crippen LogP contribution in [0.5, 0.6) is 0 Å². The van der Waals surface area contributed by atoms with Crippen LogP contribution in [0, 0.1) is 12.7 Å². The molecule has 1 saturated heterocycles. The van der Waals surface area contributed by atoms with E-state index >= 15 is 0 Å². The molecule has 1 atom stereocenters. The quantitative estimate of drug-likeness (QED) is 0.531. The summed E-state index contributed by atoms with van der Waals surface area (Å²) in [5.74, 6) is -1.36. The summed E-state index contributed by atoms with van der Waals surface area (Å²) in [7, 11) is -4.13. The summed E-state index contributed by atoms with van der Waals surface area (Å²) < 4.78 is 42.9. The molecule has 0 spiro atoms. The van der Waals surface area contributed by atoms with Crippen molar-refractivity contribution in [2.24, 2.45) is 0 Å². The van der Waals surface area contributed by atoms with Crippen LogP contribution in [-0.2, 0) is 16.4 Å². The smallest absolute Gasteiger partial charge is 0.255 e. The zero-order chi connectivity index (χ0) is 25.2. The maximum Gasteiger partial charge on any atom is 0.255 e. The number of benzene rings is 3. The van der Waals surface area contributed by atoms with Gasteiger partial charge in [-0.15, -0.1) is 0 Å². The van der Waals surface area contributed by atoms with Gasteiger partial charge in [-0.2, -0.15) is 4.31 Å². The largest absolute Gasteiger partial charge is 0.366 e. The standard InChI is InChI=1S/C27H30FN3O3S/c1-4-21-9-5-6-11-25(21)29-27(32)22-12-13-24(28)26(17-22)35(33,34)30-14-15-31(20(3)18-30)23-10-7-8-19(2)16-23/h5-13,16-17,20H,4,14-15,18H2,1-3H3,(H,29,32)/t20-/m0/s1. The van der Waals surface area contributed by atoms with Crippen LogP contribution < -0.4 is 10.2 Å². The normalized spacial score (nSPS) is 16.8. The molecule has 1 amide bonds. The lowest BCUT2D eigenvalue weighted by Gasteiger charge is -2.40. The van der Waals surface area contributed by atoms with Crippen molar-refractivity contribution in [2.45, 2.75) is 38.1 Å². The molecule has 1 aliphatic heterocycles. The Labute approximate surface area is 206 Å². The summed E-state index contributed by atoms with van der Waals surface area (Å²) in [6.07, 6.45) is 0.728. The molecule has 0 radical (unpaired) electrons. The number of piperazine rings is 1. The first-order valence-electron chi connectivity index (χ1n) is 11.7. The molecular formula is C27H30FN3O3S. The van der Waals surface area contributed by atoms with E-state index in [0.717, 1.165) is 35.4 Å². The molecule has 3 aromatic carbocycles. The van der Waals surface area contributed by atoms with Crippen molar-refractivity contribution in [3.8, 4) is 0 Å². The van der Waals surface area contributed by atoms with Gasteiger partial charge in [0.15, 0.2) is 0 Å². The minimum Gasteiger partial charge on any atom is -0.366 e. The number of rotatable bonds is 6. The number of sulfonamides is 1. The number of halogens is 1. The number of para-hydroxylation sites is 1. The molecule has 1 N–H and O–H groups in total. The predicted octanol–water partition coefficient (Wildman–Crippen LogP) is 4.85. The molecule has 1 aliphatic rings. The molecule has 1 fully saturated rings. The second-order valence-corrected chi connectivity index (χ2v) is 10.8. The number of carbonyl (C=O) groups excluding carboxylic acids is 1. The number of carbonyl (C=O) groups is 1. The van der Waals surface area contributed by atoms with Gasteiger partial charge in [-0.1, -0.05) is 37.3 Å². The molecule has 1 heterocycles. The Hall–Kier alpha value is -3.23. The number of nitrogens with zero attached hydrogens (tertiary/aromatic N) is 2. The van der Waals surface area contributed by atoms with Crippen molar-refractivity contribution in [1.29, 1.82) is 0 Å². The first kappa shape index (κ1) is 24.9. The lowest BCUT2D eigenvalue weighted by Crippen LogP contribution is -2.53. The fraction of sp³-hybridized carbons (Fsp3) is 0.296. The van der Waals surface area contributed by atoms with Crippen LogP contribution in [0.4, 0.5) is 15.8 Å². The highest BCUT2D eigenvalue weighted by Gasteiger charge is 2.34. The van der Waals surface area contributed by atoms with Gasteiger partial charge in [0.05, 0.1) is 0 Å². The Morgan fingerprint density at radius 1 is 1.06 bits per heavy atom. The van der Waals surface area contributed by atoms with Crippen LogP contribution in [0.15, 0.2) is 71.6 Å². The number of hydrogen-bond acceptors (Lipinski definition) is 4. The van der Waals surface area contributed by atoms with Crippen molar-refractivity contribution in [3.05, 3.63) is 89.2 Å². The van der Waals surface area contributed by atoms with E-state index in [1.165, 1.54) is 10.4 Å². The highest BCUT2D eigenvalue weighted by molar-refractivity contribution is 7.89. The van der Waals surface area contributed by atoms with Crippen LogP contribution in [-0.4, -0.2) is 44.3 Å². The molecule has 35 heavy (non-hydrogen) atoms. The Morgan fingerprint density at radius 3 is 2.54 bits per heavy atom. The summed E-state index contributed by atoms with van der Waals surface area (Å²) in [5, 5.41) is 2.81. The van der Waals surface area contributed by atoms with Crippen molar-refractivity contribution < 1.29 is 17.6 Å². The van der Waals surface area contributed by atoms with Crippen LogP contribution in [0.2, 0.25) is 0 Å². The summed E-state index contributed by atoms with van der Waals surface area (Å²) >= 11 is 0. The fourth-order valence-corrected chi connectivity index (χ4v) is 6.06. The lowest BCUT2D eigenvalue weighted by molar-refractivity contribution is 0.102. The van der Waals surface area contributed by atoms with E-state index < -0.39 is 26.6 Å². The lowest BCUT2D eigenvalue weighted by atomic mass is 10.1. The molecule has 6 nitrogen and oxygen atoms in total. The fourth-order valence-electron chi connectivity index (χ4n) is 4.46. The van der Waals surface area contributed by atoms with Crippen molar-refractivity contribution in [1.82, 2.24) is 4.31 Å². The third kappa shape index (κ3) is 5.23. The average molecular weight is 496 g/mol. The first-order chi connectivity index (χ1) is 16.7. The second-order valence-electron chi connectivity index (χ2n) is 8.85. The molecule has 0 aromatic heterocycles. The highest BCUT2D eigenvalue weighted by atomic mass is 32.2. The van der Waals surface area contributed by atoms with Gasteiger partial charge in [-0.3, -0.25) is 4.79 Å². The maximum atomic E-state index is 14.8. The molecule has 0 saturated carbocycles. The number of nitrogens with one attached hydrogen (secondary N) is 1. The van der Waals surface area contributed by atoms with Gasteiger partial charge in [-0.05, 0) is 67.8 Å². The van der Waals surface area contributed by atoms with Gasteiger partial charge in [-0.25, -0.2) is 12.8 Å². The maximum absolute atomic E-state index is 14.8. The van der Waals surface area contributed by atoms with Crippen molar-refractivity contribution in [2.75, 3.05) is 29.9 Å². The monoisotopic (exact) mass is 495 g/mol. The number of anilines is 2. The molecule has 8 heteroatoms. The van der Waals surface area contributed by atoms with Crippen LogP contribution >= 0.6 is 0 Å². The van der Waals surface area contributed by atoms with E-state index in [-0.39, 0.29) is 24.7 Å². The molecule has 0 bridgehead atoms. The van der Waals surface area contributed by atoms with Crippen LogP contribution in [0.1, 0.15) is 35.3 Å². The predicted molar refractivity (Wildman–Crippen MR) is 137 cm³/mol. The van der Waals surface area contributed by atoms with E-state index in [1.54, 1.807) is 6.07 Å². The molecule has 4 rings (SSSR count). The minimum atomic E-state index is -4.13. The SMILES string of the molecule is CCc1ccccc1NC(=O)c1ccc(F)c(S(=O)(=O)N2CCN(c3cccc(C)c3)[C@@H](C)C2)c1. The number of aryl methyl sites for hydroxylation is 2. The van der Waals surface area contributed by atoms with Crippen molar-refractivity contribution in [3.63, 3.8) is 0 Å². The van der Waals surface area contributed by atoms with E-state index in [1.807, 2.05) is 57.2 Å². The topological polar surface area (TPSA) is 69.7 Å². The highest BCUT2D eigenvalue weighted by Crippen LogP contribution is 2.27. The molecule has 184 valence electrons. The molecule has 3 aromatic rings. The van der Waals surface area contributed by atoms with Crippen LogP contribution in [0.25, 0.3) is 0 Å². The Kier molecular flexibility index (Phi) is 7.23. The molecule has 0 aliphatic carbocycles. The van der Waals surface area contributed by atoms with Crippen molar-refractivity contribution >= 4 is 27.3 Å². The summed E-state index contributed by atoms with van der Waals surface area (Å²) in [6.45, 7) is 6.88. The third-order valence-corrected chi connectivity index (χ3v) is 8.26. The minimum absolute atomic E-state index is 0.0855. The first-order valence-corrected chi connectivity index (χ1v) is 13.2. The van der Waals surface area contributed by atoms with Gasteiger partial charge >= 0.3 is 0 Å². The van der Waals surface area contributed by atoms with Gasteiger partial charge in [0.1, 0.15) is 10.7 Å². The Morgan fingerprint density at radius 2 is 1.83 bits per heavy atom. The Balaban J connectivity index is 1.55. The van der Waals surface area contributed by atoms with Crippen LogP contribution in [0.3, 0.4) is 0 Å². The van der Waals surface area contributed by atoms with Gasteiger partial charge < -0.3 is 10.2 Å². The Bertz CT molecular complexity index is 1340. The molecular weight excluding hydrogens is 465 g/mol. The van der Waals surface area contributed by atoms with Gasteiger partial charge in [0.25, 0.3) is 5.91 Å². The van der Waals surface area contributed by atoms with Gasteiger partial charge in [0.2, 0.25) is 10.0 Å². The summed E-state index contributed by atoms with van der Waals surface area (Å²) in [6, 6.07) is 18.8. The van der Waals surface area contributed by atoms with E-state index in [0.29, 0.717) is 12.2 Å². The number of hydrogen-bond donors (Lipinski definition) is 1. The number of amides is 1. The molecule has 0 unspecified atom stereocenters. The van der Waals surface area contributed by atoms with E-state index in [9.17, 15) is 17.6 Å². The average Bonchev–Trinajstić information content (AvgIpc) is 2.84. The second kappa shape index (κ2) is 10.2.